The van der Waals surface area contributed by atoms with Crippen LogP contribution >= 0.6 is 11.6 Å². The van der Waals surface area contributed by atoms with Gasteiger partial charge in [0.05, 0.1) is 0 Å². The molecule has 0 aliphatic carbocycles. The minimum Gasteiger partial charge on any atom is -0.508 e. The number of benzene rings is 3. The molecule has 0 spiro atoms. The molecule has 0 aromatic heterocycles. The lowest BCUT2D eigenvalue weighted by atomic mass is 10.1. The first-order valence-electron chi connectivity index (χ1n) is 8.75. The van der Waals surface area contributed by atoms with Gasteiger partial charge in [0.2, 0.25) is 0 Å². The van der Waals surface area contributed by atoms with E-state index >= 15 is 0 Å². The smallest absolute Gasteiger partial charge is 0.254 e. The third-order valence-corrected chi connectivity index (χ3v) is 4.53. The van der Waals surface area contributed by atoms with E-state index in [1.807, 2.05) is 12.1 Å². The first-order valence-corrected chi connectivity index (χ1v) is 9.13. The van der Waals surface area contributed by atoms with Crippen LogP contribution in [0.25, 0.3) is 0 Å². The van der Waals surface area contributed by atoms with Gasteiger partial charge in [0, 0.05) is 29.7 Å². The van der Waals surface area contributed by atoms with Crippen LogP contribution < -0.4 is 0 Å². The van der Waals surface area contributed by atoms with Gasteiger partial charge >= 0.3 is 0 Å². The van der Waals surface area contributed by atoms with Crippen molar-refractivity contribution in [3.8, 4) is 17.2 Å². The second-order valence-corrected chi connectivity index (χ2v) is 6.95. The number of hydrogen-bond acceptors (Lipinski definition) is 4. The fourth-order valence-electron chi connectivity index (χ4n) is 2.96. The van der Waals surface area contributed by atoms with Crippen LogP contribution in [-0.2, 0) is 13.0 Å². The predicted molar refractivity (Wildman–Crippen MR) is 108 cm³/mol. The number of carbonyl (C=O) groups is 1. The Balaban J connectivity index is 1.82. The zero-order chi connectivity index (χ0) is 20.1. The molecular formula is C22H20ClNO4. The number of phenols is 3. The highest BCUT2D eigenvalue weighted by atomic mass is 35.5. The third kappa shape index (κ3) is 5.18. The quantitative estimate of drug-likeness (QED) is 0.578. The third-order valence-electron chi connectivity index (χ3n) is 4.30. The van der Waals surface area contributed by atoms with Gasteiger partial charge in [-0.2, -0.15) is 0 Å². The van der Waals surface area contributed by atoms with Crippen molar-refractivity contribution in [1.82, 2.24) is 4.90 Å². The summed E-state index contributed by atoms with van der Waals surface area (Å²) in [6, 6.07) is 17.8. The van der Waals surface area contributed by atoms with Crippen LogP contribution in [0.15, 0.2) is 66.7 Å². The van der Waals surface area contributed by atoms with Crippen molar-refractivity contribution in [3.63, 3.8) is 0 Å². The molecule has 0 aliphatic rings. The lowest BCUT2D eigenvalue weighted by Gasteiger charge is -2.23. The van der Waals surface area contributed by atoms with Gasteiger partial charge in [0.25, 0.3) is 5.91 Å². The molecule has 6 heteroatoms. The fraction of sp³-hybridized carbons (Fsp3) is 0.136. The number of phenolic OH excluding ortho intramolecular Hbond substituents is 3. The summed E-state index contributed by atoms with van der Waals surface area (Å²) in [6.07, 6.45) is 0.451. The molecule has 28 heavy (non-hydrogen) atoms. The maximum atomic E-state index is 13.0. The predicted octanol–water partition coefficient (Wildman–Crippen LogP) is 4.34. The maximum absolute atomic E-state index is 13.0. The van der Waals surface area contributed by atoms with Gasteiger partial charge in [-0.25, -0.2) is 0 Å². The van der Waals surface area contributed by atoms with Crippen LogP contribution in [0.2, 0.25) is 5.02 Å². The van der Waals surface area contributed by atoms with E-state index in [1.165, 1.54) is 18.2 Å². The van der Waals surface area contributed by atoms with E-state index < -0.39 is 0 Å². The number of hydrogen-bond donors (Lipinski definition) is 3. The monoisotopic (exact) mass is 397 g/mol. The van der Waals surface area contributed by atoms with E-state index in [4.69, 9.17) is 11.6 Å². The van der Waals surface area contributed by atoms with Crippen molar-refractivity contribution in [3.05, 3.63) is 88.4 Å². The summed E-state index contributed by atoms with van der Waals surface area (Å²) in [5, 5.41) is 29.4. The molecule has 3 N–H and O–H groups in total. The Labute approximate surface area is 168 Å². The highest BCUT2D eigenvalue weighted by Gasteiger charge is 2.17. The van der Waals surface area contributed by atoms with Crippen molar-refractivity contribution in [1.29, 1.82) is 0 Å². The highest BCUT2D eigenvalue weighted by molar-refractivity contribution is 6.30. The molecule has 3 aromatic carbocycles. The minimum atomic E-state index is -0.190. The van der Waals surface area contributed by atoms with Crippen molar-refractivity contribution >= 4 is 17.5 Å². The van der Waals surface area contributed by atoms with Crippen LogP contribution in [0.5, 0.6) is 17.2 Å². The van der Waals surface area contributed by atoms with Crippen LogP contribution in [0, 0.1) is 0 Å². The van der Waals surface area contributed by atoms with Crippen molar-refractivity contribution in [2.45, 2.75) is 13.0 Å². The van der Waals surface area contributed by atoms with Gasteiger partial charge in [0.1, 0.15) is 17.2 Å². The molecule has 144 valence electrons. The largest absolute Gasteiger partial charge is 0.508 e. The van der Waals surface area contributed by atoms with E-state index in [-0.39, 0.29) is 23.2 Å². The molecule has 1 amide bonds. The number of carbonyl (C=O) groups excluding carboxylic acids is 1. The Morgan fingerprint density at radius 3 is 2.14 bits per heavy atom. The zero-order valence-electron chi connectivity index (χ0n) is 15.0. The fourth-order valence-corrected chi connectivity index (χ4v) is 3.17. The van der Waals surface area contributed by atoms with Gasteiger partial charge in [-0.1, -0.05) is 23.7 Å². The Hall–Kier alpha value is -3.18. The molecule has 3 aromatic rings. The Bertz CT molecular complexity index is 952. The summed E-state index contributed by atoms with van der Waals surface area (Å²) in [5.41, 5.74) is 2.06. The van der Waals surface area contributed by atoms with Crippen LogP contribution in [0.3, 0.4) is 0 Å². The number of aromatic hydroxyl groups is 3. The van der Waals surface area contributed by atoms with Crippen molar-refractivity contribution < 1.29 is 20.1 Å². The van der Waals surface area contributed by atoms with E-state index in [1.54, 1.807) is 41.3 Å². The topological polar surface area (TPSA) is 81.0 Å². The SMILES string of the molecule is O=C(c1ccc(O)cc1)N(CCc1cc(O)cc(O)c1)Cc1cccc(Cl)c1. The maximum Gasteiger partial charge on any atom is 0.254 e. The average Bonchev–Trinajstić information content (AvgIpc) is 2.64. The van der Waals surface area contributed by atoms with E-state index in [0.29, 0.717) is 35.7 Å². The Kier molecular flexibility index (Phi) is 6.06. The van der Waals surface area contributed by atoms with E-state index in [0.717, 1.165) is 5.56 Å². The van der Waals surface area contributed by atoms with Gasteiger partial charge in [-0.3, -0.25) is 4.79 Å². The number of halogens is 1. The first-order chi connectivity index (χ1) is 13.4. The Morgan fingerprint density at radius 1 is 0.821 bits per heavy atom. The number of amides is 1. The highest BCUT2D eigenvalue weighted by Crippen LogP contribution is 2.22. The molecule has 5 nitrogen and oxygen atoms in total. The molecule has 0 aliphatic heterocycles. The molecule has 0 fully saturated rings. The summed E-state index contributed by atoms with van der Waals surface area (Å²) in [5.74, 6) is -0.153. The van der Waals surface area contributed by atoms with E-state index in [9.17, 15) is 20.1 Å². The van der Waals surface area contributed by atoms with Crippen molar-refractivity contribution in [2.75, 3.05) is 6.54 Å². The van der Waals surface area contributed by atoms with Crippen molar-refractivity contribution in [2.24, 2.45) is 0 Å². The molecule has 0 saturated heterocycles. The molecule has 0 saturated carbocycles. The lowest BCUT2D eigenvalue weighted by molar-refractivity contribution is 0.0745. The number of rotatable bonds is 6. The minimum absolute atomic E-state index is 0.0266. The van der Waals surface area contributed by atoms with Gasteiger partial charge in [-0.05, 0) is 66.1 Å². The lowest BCUT2D eigenvalue weighted by Crippen LogP contribution is -2.32. The summed E-state index contributed by atoms with van der Waals surface area (Å²) in [4.78, 5) is 14.7. The van der Waals surface area contributed by atoms with E-state index in [2.05, 4.69) is 0 Å². The molecule has 0 atom stereocenters. The summed E-state index contributed by atoms with van der Waals surface area (Å²) < 4.78 is 0. The summed E-state index contributed by atoms with van der Waals surface area (Å²) in [7, 11) is 0. The Morgan fingerprint density at radius 2 is 1.50 bits per heavy atom. The molecular weight excluding hydrogens is 378 g/mol. The van der Waals surface area contributed by atoms with Gasteiger partial charge < -0.3 is 20.2 Å². The first kappa shape index (κ1) is 19.6. The molecule has 3 rings (SSSR count). The van der Waals surface area contributed by atoms with Gasteiger partial charge in [0.15, 0.2) is 0 Å². The molecule has 0 heterocycles. The van der Waals surface area contributed by atoms with Gasteiger partial charge in [-0.15, -0.1) is 0 Å². The molecule has 0 bridgehead atoms. The van der Waals surface area contributed by atoms with Crippen LogP contribution in [0.4, 0.5) is 0 Å². The second-order valence-electron chi connectivity index (χ2n) is 6.51. The summed E-state index contributed by atoms with van der Waals surface area (Å²) >= 11 is 6.06. The molecule has 0 radical (unpaired) electrons. The zero-order valence-corrected chi connectivity index (χ0v) is 15.8. The average molecular weight is 398 g/mol. The summed E-state index contributed by atoms with van der Waals surface area (Å²) in [6.45, 7) is 0.722. The standard InChI is InChI=1S/C22H20ClNO4/c23-18-3-1-2-16(10-18)14-24(22(28)17-4-6-19(25)7-5-17)9-8-15-11-20(26)13-21(27)12-15/h1-7,10-13,25-27H,8-9,14H2. The number of nitrogens with zero attached hydrogens (tertiary/aromatic N) is 1. The second kappa shape index (κ2) is 8.67. The normalized spacial score (nSPS) is 10.6. The van der Waals surface area contributed by atoms with Crippen LogP contribution in [0.1, 0.15) is 21.5 Å². The molecule has 0 unspecified atom stereocenters. The van der Waals surface area contributed by atoms with Crippen LogP contribution in [-0.4, -0.2) is 32.7 Å².